The fraction of sp³-hybridized carbons (Fsp3) is 0.139. The number of halogens is 1. The van der Waals surface area contributed by atoms with Crippen LogP contribution in [0, 0.1) is 19.7 Å². The number of carbonyl (C=O) groups excluding carboxylic acids is 2. The number of carbonyl (C=O) groups is 2. The molecule has 8 heteroatoms. The van der Waals surface area contributed by atoms with Gasteiger partial charge in [-0.25, -0.2) is 9.37 Å². The van der Waals surface area contributed by atoms with Crippen molar-refractivity contribution in [1.82, 2.24) is 9.55 Å². The maximum atomic E-state index is 14.4. The van der Waals surface area contributed by atoms with Crippen molar-refractivity contribution in [3.8, 4) is 21.7 Å². The molecule has 0 saturated carbocycles. The number of aromatic nitrogens is 2. The SMILES string of the molecule is Cc1ccc2c(c1)c(-c1cccc(C(=O)N3CCc4cc(C(=O)Nc5c(C)cccc5F)sc4-c4ccccc43)n1)cn2C. The molecule has 6 aromatic rings. The fourth-order valence-electron chi connectivity index (χ4n) is 5.94. The number of fused-ring (bicyclic) bond motifs is 4. The van der Waals surface area contributed by atoms with E-state index in [0.29, 0.717) is 29.1 Å². The molecule has 7 rings (SSSR count). The molecule has 218 valence electrons. The molecule has 1 N–H and O–H groups in total. The normalized spacial score (nSPS) is 12.5. The largest absolute Gasteiger partial charge is 0.350 e. The minimum atomic E-state index is -0.468. The summed E-state index contributed by atoms with van der Waals surface area (Å²) in [6.07, 6.45) is 2.61. The zero-order valence-electron chi connectivity index (χ0n) is 24.5. The van der Waals surface area contributed by atoms with Gasteiger partial charge in [-0.05, 0) is 73.9 Å². The molecule has 0 atom stereocenters. The second-order valence-corrected chi connectivity index (χ2v) is 12.2. The van der Waals surface area contributed by atoms with E-state index in [4.69, 9.17) is 4.98 Å². The van der Waals surface area contributed by atoms with Crippen molar-refractivity contribution in [3.05, 3.63) is 124 Å². The first kappa shape index (κ1) is 27.7. The van der Waals surface area contributed by atoms with Gasteiger partial charge in [0, 0.05) is 46.7 Å². The van der Waals surface area contributed by atoms with Crippen LogP contribution in [0.3, 0.4) is 0 Å². The fourth-order valence-corrected chi connectivity index (χ4v) is 7.08. The maximum Gasteiger partial charge on any atom is 0.276 e. The van der Waals surface area contributed by atoms with Crippen LogP contribution >= 0.6 is 11.3 Å². The number of hydrogen-bond acceptors (Lipinski definition) is 4. The van der Waals surface area contributed by atoms with Gasteiger partial charge < -0.3 is 14.8 Å². The van der Waals surface area contributed by atoms with Crippen LogP contribution in [0.4, 0.5) is 15.8 Å². The van der Waals surface area contributed by atoms with Crippen molar-refractivity contribution in [3.63, 3.8) is 0 Å². The van der Waals surface area contributed by atoms with Crippen LogP contribution in [0.1, 0.15) is 36.9 Å². The summed E-state index contributed by atoms with van der Waals surface area (Å²) >= 11 is 1.35. The number of nitrogens with zero attached hydrogens (tertiary/aromatic N) is 3. The van der Waals surface area contributed by atoms with Crippen LogP contribution in [0.5, 0.6) is 0 Å². The third-order valence-corrected chi connectivity index (χ3v) is 9.38. The molecule has 0 unspecified atom stereocenters. The summed E-state index contributed by atoms with van der Waals surface area (Å²) < 4.78 is 16.5. The summed E-state index contributed by atoms with van der Waals surface area (Å²) in [5, 5.41) is 3.84. The van der Waals surface area contributed by atoms with Crippen molar-refractivity contribution in [2.45, 2.75) is 20.3 Å². The van der Waals surface area contributed by atoms with E-state index < -0.39 is 5.82 Å². The third-order valence-electron chi connectivity index (χ3n) is 8.17. The molecule has 6 nitrogen and oxygen atoms in total. The van der Waals surface area contributed by atoms with Crippen molar-refractivity contribution in [2.24, 2.45) is 7.05 Å². The monoisotopic (exact) mass is 600 g/mol. The summed E-state index contributed by atoms with van der Waals surface area (Å²) in [4.78, 5) is 35.4. The van der Waals surface area contributed by atoms with Crippen molar-refractivity contribution >= 4 is 45.4 Å². The van der Waals surface area contributed by atoms with Gasteiger partial charge in [0.05, 0.1) is 21.9 Å². The average molecular weight is 601 g/mol. The number of para-hydroxylation sites is 2. The summed E-state index contributed by atoms with van der Waals surface area (Å²) in [6.45, 7) is 4.25. The summed E-state index contributed by atoms with van der Waals surface area (Å²) in [6, 6.07) is 26.3. The number of thiophene rings is 1. The van der Waals surface area contributed by atoms with Crippen LogP contribution in [0.25, 0.3) is 32.6 Å². The molecule has 3 aromatic carbocycles. The van der Waals surface area contributed by atoms with Gasteiger partial charge in [-0.2, -0.15) is 0 Å². The van der Waals surface area contributed by atoms with E-state index in [9.17, 15) is 14.0 Å². The third kappa shape index (κ3) is 4.77. The second kappa shape index (κ2) is 10.9. The number of nitrogens with one attached hydrogen (secondary N) is 1. The van der Waals surface area contributed by atoms with Gasteiger partial charge in [0.2, 0.25) is 0 Å². The number of pyridine rings is 1. The van der Waals surface area contributed by atoms with E-state index in [1.807, 2.05) is 49.5 Å². The molecule has 0 fully saturated rings. The lowest BCUT2D eigenvalue weighted by Gasteiger charge is -2.23. The maximum absolute atomic E-state index is 14.4. The Balaban J connectivity index is 1.21. The number of benzene rings is 3. The molecule has 4 heterocycles. The predicted molar refractivity (Wildman–Crippen MR) is 175 cm³/mol. The van der Waals surface area contributed by atoms with Gasteiger partial charge >= 0.3 is 0 Å². The van der Waals surface area contributed by atoms with E-state index in [-0.39, 0.29) is 17.5 Å². The van der Waals surface area contributed by atoms with E-state index in [1.165, 1.54) is 17.4 Å². The van der Waals surface area contributed by atoms with Gasteiger partial charge in [-0.3, -0.25) is 9.59 Å². The van der Waals surface area contributed by atoms with E-state index in [2.05, 4.69) is 41.2 Å². The summed E-state index contributed by atoms with van der Waals surface area (Å²) in [7, 11) is 2.01. The predicted octanol–water partition coefficient (Wildman–Crippen LogP) is 8.18. The Labute approximate surface area is 258 Å². The Morgan fingerprint density at radius 1 is 0.932 bits per heavy atom. The van der Waals surface area contributed by atoms with Crippen molar-refractivity contribution in [1.29, 1.82) is 0 Å². The quantitative estimate of drug-likeness (QED) is 0.222. The van der Waals surface area contributed by atoms with Gasteiger partial charge in [0.1, 0.15) is 11.5 Å². The molecule has 0 aliphatic carbocycles. The smallest absolute Gasteiger partial charge is 0.276 e. The Morgan fingerprint density at radius 2 is 1.75 bits per heavy atom. The average Bonchev–Trinajstić information content (AvgIpc) is 3.56. The molecule has 0 spiro atoms. The lowest BCUT2D eigenvalue weighted by atomic mass is 10.1. The molecule has 1 aliphatic rings. The molecular formula is C36H29FN4O2S. The Hall–Kier alpha value is -5.08. The molecule has 2 amide bonds. The number of aryl methyl sites for hydroxylation is 3. The highest BCUT2D eigenvalue weighted by atomic mass is 32.1. The summed E-state index contributed by atoms with van der Waals surface area (Å²) in [5.41, 5.74) is 7.82. The Bertz CT molecular complexity index is 2090. The molecule has 0 bridgehead atoms. The molecule has 0 saturated heterocycles. The van der Waals surface area contributed by atoms with Gasteiger partial charge in [-0.1, -0.05) is 48.0 Å². The molecule has 3 aromatic heterocycles. The first-order valence-electron chi connectivity index (χ1n) is 14.4. The van der Waals surface area contributed by atoms with Gasteiger partial charge in [0.15, 0.2) is 0 Å². The highest BCUT2D eigenvalue weighted by Gasteiger charge is 2.28. The zero-order valence-corrected chi connectivity index (χ0v) is 25.3. The molecule has 1 aliphatic heterocycles. The molecule has 44 heavy (non-hydrogen) atoms. The first-order chi connectivity index (χ1) is 21.3. The number of anilines is 2. The second-order valence-electron chi connectivity index (χ2n) is 11.2. The van der Waals surface area contributed by atoms with E-state index in [1.54, 1.807) is 30.0 Å². The molecule has 0 radical (unpaired) electrons. The van der Waals surface area contributed by atoms with Crippen LogP contribution in [0.15, 0.2) is 91.1 Å². The minimum Gasteiger partial charge on any atom is -0.350 e. The van der Waals surface area contributed by atoms with Crippen LogP contribution in [-0.4, -0.2) is 27.9 Å². The Kier molecular flexibility index (Phi) is 6.86. The highest BCUT2D eigenvalue weighted by molar-refractivity contribution is 7.17. The van der Waals surface area contributed by atoms with Gasteiger partial charge in [0.25, 0.3) is 11.8 Å². The zero-order chi connectivity index (χ0) is 30.5. The Morgan fingerprint density at radius 3 is 2.59 bits per heavy atom. The van der Waals surface area contributed by atoms with Crippen LogP contribution in [0.2, 0.25) is 0 Å². The lowest BCUT2D eigenvalue weighted by Crippen LogP contribution is -2.33. The number of amides is 2. The van der Waals surface area contributed by atoms with Crippen molar-refractivity contribution in [2.75, 3.05) is 16.8 Å². The number of rotatable bonds is 4. The van der Waals surface area contributed by atoms with E-state index in [0.717, 1.165) is 49.4 Å². The van der Waals surface area contributed by atoms with Crippen LogP contribution in [-0.2, 0) is 13.5 Å². The number of hydrogen-bond donors (Lipinski definition) is 1. The topological polar surface area (TPSA) is 67.2 Å². The van der Waals surface area contributed by atoms with E-state index >= 15 is 0 Å². The first-order valence-corrected chi connectivity index (χ1v) is 15.2. The van der Waals surface area contributed by atoms with Gasteiger partial charge in [-0.15, -0.1) is 11.3 Å². The lowest BCUT2D eigenvalue weighted by molar-refractivity contribution is 0.0981. The van der Waals surface area contributed by atoms with Crippen LogP contribution < -0.4 is 10.2 Å². The highest BCUT2D eigenvalue weighted by Crippen LogP contribution is 2.42. The standard InChI is InChI=1S/C36H29FN4O2S/c1-21-14-15-30-25(18-21)26(20-40(30)3)28-11-7-12-29(38-28)36(43)41-17-16-23-19-32(44-34(23)24-9-4-5-13-31(24)41)35(42)39-33-22(2)8-6-10-27(33)37/h4-15,18-20H,16-17H2,1-3H3,(H,39,42). The minimum absolute atomic E-state index is 0.182. The summed E-state index contributed by atoms with van der Waals surface area (Å²) in [5.74, 6) is -1.01. The molecular weight excluding hydrogens is 571 g/mol. The van der Waals surface area contributed by atoms with Crippen molar-refractivity contribution < 1.29 is 14.0 Å².